The highest BCUT2D eigenvalue weighted by Crippen LogP contribution is 2.30. The number of hydroxylamine groups is 1. The maximum atomic E-state index is 12.7. The van der Waals surface area contributed by atoms with Crippen LogP contribution in [0.25, 0.3) is 0 Å². The molecular weight excluding hydrogens is 388 g/mol. The molecule has 0 atom stereocenters. The van der Waals surface area contributed by atoms with Gasteiger partial charge in [-0.1, -0.05) is 40.2 Å². The molecule has 0 spiro atoms. The molecule has 7 heteroatoms. The number of rotatable bonds is 7. The van der Waals surface area contributed by atoms with Gasteiger partial charge in [0.05, 0.1) is 19.3 Å². The molecule has 2 N–H and O–H groups in total. The molecule has 2 aromatic rings. The van der Waals surface area contributed by atoms with Crippen LogP contribution in [-0.4, -0.2) is 24.1 Å². The molecule has 0 aromatic heterocycles. The number of carbonyl (C=O) groups is 2. The standard InChI is InChI=1S/C18H19BrN2O4/c1-25-16-8-3-2-7-15(16)21(18(23)10-9-17(22)20-24)12-13-5-4-6-14(19)11-13/h2-8,11,24H,9-10,12H2,1H3,(H,20,22). The van der Waals surface area contributed by atoms with E-state index in [4.69, 9.17) is 9.94 Å². The number of nitrogens with zero attached hydrogens (tertiary/aromatic N) is 1. The van der Waals surface area contributed by atoms with Crippen molar-refractivity contribution in [1.29, 1.82) is 0 Å². The number of carbonyl (C=O) groups excluding carboxylic acids is 2. The summed E-state index contributed by atoms with van der Waals surface area (Å²) in [5.74, 6) is -0.277. The zero-order valence-corrected chi connectivity index (χ0v) is 15.3. The van der Waals surface area contributed by atoms with Gasteiger partial charge in [0.1, 0.15) is 5.75 Å². The van der Waals surface area contributed by atoms with Gasteiger partial charge in [-0.3, -0.25) is 14.8 Å². The summed E-state index contributed by atoms with van der Waals surface area (Å²) in [5.41, 5.74) is 3.09. The monoisotopic (exact) mass is 406 g/mol. The Labute approximate surface area is 154 Å². The summed E-state index contributed by atoms with van der Waals surface area (Å²) in [6.45, 7) is 0.333. The molecule has 0 aliphatic heterocycles. The first kappa shape index (κ1) is 19.0. The van der Waals surface area contributed by atoms with Crippen LogP contribution >= 0.6 is 15.9 Å². The molecular formula is C18H19BrN2O4. The van der Waals surface area contributed by atoms with E-state index < -0.39 is 5.91 Å². The van der Waals surface area contributed by atoms with Crippen LogP contribution in [0.3, 0.4) is 0 Å². The summed E-state index contributed by atoms with van der Waals surface area (Å²) < 4.78 is 6.28. The van der Waals surface area contributed by atoms with Gasteiger partial charge in [-0.15, -0.1) is 0 Å². The number of anilines is 1. The maximum Gasteiger partial charge on any atom is 0.243 e. The summed E-state index contributed by atoms with van der Waals surface area (Å²) in [4.78, 5) is 25.5. The predicted octanol–water partition coefficient (Wildman–Crippen LogP) is 3.28. The van der Waals surface area contributed by atoms with E-state index in [1.807, 2.05) is 36.4 Å². The van der Waals surface area contributed by atoms with Crippen molar-refractivity contribution in [2.75, 3.05) is 12.0 Å². The first-order valence-corrected chi connectivity index (χ1v) is 8.45. The number of ether oxygens (including phenoxy) is 1. The van der Waals surface area contributed by atoms with Crippen LogP contribution in [0, 0.1) is 0 Å². The highest BCUT2D eigenvalue weighted by molar-refractivity contribution is 9.10. The summed E-state index contributed by atoms with van der Waals surface area (Å²) in [7, 11) is 1.54. The topological polar surface area (TPSA) is 78.9 Å². The summed E-state index contributed by atoms with van der Waals surface area (Å²) in [6, 6.07) is 14.9. The lowest BCUT2D eigenvalue weighted by molar-refractivity contribution is -0.131. The number of halogens is 1. The zero-order valence-electron chi connectivity index (χ0n) is 13.7. The Morgan fingerprint density at radius 2 is 1.92 bits per heavy atom. The maximum absolute atomic E-state index is 12.7. The van der Waals surface area contributed by atoms with E-state index in [1.165, 1.54) is 5.48 Å². The molecule has 0 unspecified atom stereocenters. The Kier molecular flexibility index (Phi) is 6.97. The number of hydrogen-bond acceptors (Lipinski definition) is 4. The van der Waals surface area contributed by atoms with Crippen molar-refractivity contribution in [2.45, 2.75) is 19.4 Å². The Balaban J connectivity index is 2.30. The van der Waals surface area contributed by atoms with E-state index in [0.717, 1.165) is 10.0 Å². The SMILES string of the molecule is COc1ccccc1N(Cc1cccc(Br)c1)C(=O)CCC(=O)NO. The van der Waals surface area contributed by atoms with Crippen LogP contribution in [0.2, 0.25) is 0 Å². The second-order valence-corrected chi connectivity index (χ2v) is 6.23. The van der Waals surface area contributed by atoms with Crippen molar-refractivity contribution in [3.63, 3.8) is 0 Å². The fourth-order valence-corrected chi connectivity index (χ4v) is 2.84. The molecule has 25 heavy (non-hydrogen) atoms. The number of hydrogen-bond donors (Lipinski definition) is 2. The summed E-state index contributed by atoms with van der Waals surface area (Å²) in [5, 5.41) is 8.60. The highest BCUT2D eigenvalue weighted by atomic mass is 79.9. The van der Waals surface area contributed by atoms with Crippen LogP contribution in [0.4, 0.5) is 5.69 Å². The van der Waals surface area contributed by atoms with Crippen LogP contribution in [0.5, 0.6) is 5.75 Å². The molecule has 6 nitrogen and oxygen atoms in total. The first-order valence-electron chi connectivity index (χ1n) is 7.66. The number of methoxy groups -OCH3 is 1. The van der Waals surface area contributed by atoms with E-state index in [-0.39, 0.29) is 18.7 Å². The minimum absolute atomic E-state index is 0.0293. The molecule has 0 saturated carbocycles. The second kappa shape index (κ2) is 9.19. The molecule has 0 heterocycles. The van der Waals surface area contributed by atoms with E-state index in [2.05, 4.69) is 15.9 Å². The van der Waals surface area contributed by atoms with Gasteiger partial charge in [0.15, 0.2) is 0 Å². The Morgan fingerprint density at radius 3 is 2.60 bits per heavy atom. The Hall–Kier alpha value is -2.38. The van der Waals surface area contributed by atoms with Gasteiger partial charge in [0.2, 0.25) is 11.8 Å². The largest absolute Gasteiger partial charge is 0.495 e. The van der Waals surface area contributed by atoms with Crippen LogP contribution in [0.1, 0.15) is 18.4 Å². The Morgan fingerprint density at radius 1 is 1.16 bits per heavy atom. The molecule has 2 aromatic carbocycles. The minimum Gasteiger partial charge on any atom is -0.495 e. The van der Waals surface area contributed by atoms with Crippen molar-refractivity contribution >= 4 is 33.4 Å². The van der Waals surface area contributed by atoms with Crippen LogP contribution < -0.4 is 15.1 Å². The van der Waals surface area contributed by atoms with Gasteiger partial charge in [-0.25, -0.2) is 5.48 Å². The minimum atomic E-state index is -0.601. The average molecular weight is 407 g/mol. The van der Waals surface area contributed by atoms with Crippen molar-refractivity contribution in [3.05, 3.63) is 58.6 Å². The molecule has 132 valence electrons. The number of nitrogens with one attached hydrogen (secondary N) is 1. The first-order chi connectivity index (χ1) is 12.0. The van der Waals surface area contributed by atoms with Crippen molar-refractivity contribution in [1.82, 2.24) is 5.48 Å². The zero-order chi connectivity index (χ0) is 18.2. The fraction of sp³-hybridized carbons (Fsp3) is 0.222. The van der Waals surface area contributed by atoms with E-state index in [1.54, 1.807) is 24.1 Å². The molecule has 0 fully saturated rings. The molecule has 0 saturated heterocycles. The fourth-order valence-electron chi connectivity index (χ4n) is 2.39. The van der Waals surface area contributed by atoms with Crippen molar-refractivity contribution in [3.8, 4) is 5.75 Å². The van der Waals surface area contributed by atoms with Crippen LogP contribution in [0.15, 0.2) is 53.0 Å². The Bertz CT molecular complexity index is 751. The van der Waals surface area contributed by atoms with Crippen molar-refractivity contribution in [2.24, 2.45) is 0 Å². The van der Waals surface area contributed by atoms with Crippen molar-refractivity contribution < 1.29 is 19.5 Å². The van der Waals surface area contributed by atoms with E-state index in [0.29, 0.717) is 18.0 Å². The molecule has 0 aliphatic carbocycles. The van der Waals surface area contributed by atoms with Gasteiger partial charge in [-0.05, 0) is 29.8 Å². The molecule has 2 rings (SSSR count). The molecule has 0 aliphatic rings. The second-order valence-electron chi connectivity index (χ2n) is 5.32. The normalized spacial score (nSPS) is 10.2. The third kappa shape index (κ3) is 5.30. The predicted molar refractivity (Wildman–Crippen MR) is 97.5 cm³/mol. The van der Waals surface area contributed by atoms with Gasteiger partial charge in [0.25, 0.3) is 0 Å². The lowest BCUT2D eigenvalue weighted by atomic mass is 10.1. The quantitative estimate of drug-likeness (QED) is 0.546. The van der Waals surface area contributed by atoms with Gasteiger partial charge in [-0.2, -0.15) is 0 Å². The third-order valence-corrected chi connectivity index (χ3v) is 4.09. The van der Waals surface area contributed by atoms with E-state index >= 15 is 0 Å². The lowest BCUT2D eigenvalue weighted by Crippen LogP contribution is -2.32. The number of benzene rings is 2. The van der Waals surface area contributed by atoms with Gasteiger partial charge >= 0.3 is 0 Å². The third-order valence-electron chi connectivity index (χ3n) is 3.60. The highest BCUT2D eigenvalue weighted by Gasteiger charge is 2.20. The molecule has 2 amide bonds. The van der Waals surface area contributed by atoms with Gasteiger partial charge in [0, 0.05) is 17.3 Å². The molecule has 0 bridgehead atoms. The van der Waals surface area contributed by atoms with Gasteiger partial charge < -0.3 is 9.64 Å². The van der Waals surface area contributed by atoms with Crippen LogP contribution in [-0.2, 0) is 16.1 Å². The molecule has 0 radical (unpaired) electrons. The number of para-hydroxylation sites is 2. The average Bonchev–Trinajstić information content (AvgIpc) is 2.64. The van der Waals surface area contributed by atoms with E-state index in [9.17, 15) is 9.59 Å². The lowest BCUT2D eigenvalue weighted by Gasteiger charge is -2.25. The summed E-state index contributed by atoms with van der Waals surface area (Å²) >= 11 is 3.42. The smallest absolute Gasteiger partial charge is 0.243 e. The summed E-state index contributed by atoms with van der Waals surface area (Å²) in [6.07, 6.45) is -0.127. The number of amides is 2.